The Morgan fingerprint density at radius 3 is 1.70 bits per heavy atom. The number of aryl methyl sites for hydroxylation is 2. The van der Waals surface area contributed by atoms with Crippen molar-refractivity contribution in [2.24, 2.45) is 0 Å². The molecule has 232 valence electrons. The molecule has 7 heteroatoms. The highest BCUT2D eigenvalue weighted by atomic mass is 15.4. The third-order valence-electron chi connectivity index (χ3n) is 8.31. The lowest BCUT2D eigenvalue weighted by molar-refractivity contribution is -0.697. The first-order valence-electron chi connectivity index (χ1n) is 16.6. The maximum atomic E-state index is 4.89. The number of nitrogens with zero attached hydrogens (tertiary/aromatic N) is 7. The first-order chi connectivity index (χ1) is 22.8. The van der Waals surface area contributed by atoms with Crippen LogP contribution in [0.15, 0.2) is 122 Å². The van der Waals surface area contributed by atoms with Crippen molar-refractivity contribution in [2.75, 3.05) is 0 Å². The normalized spacial score (nSPS) is 11.1. The Balaban J connectivity index is 0.970. The van der Waals surface area contributed by atoms with E-state index in [0.29, 0.717) is 0 Å². The van der Waals surface area contributed by atoms with Gasteiger partial charge in [-0.25, -0.2) is 9.55 Å². The fourth-order valence-corrected chi connectivity index (χ4v) is 5.75. The van der Waals surface area contributed by atoms with E-state index >= 15 is 0 Å². The molecule has 5 aromatic heterocycles. The Morgan fingerprint density at radius 1 is 0.500 bits per heavy atom. The molecule has 0 unspecified atom stereocenters. The van der Waals surface area contributed by atoms with Crippen LogP contribution in [0.25, 0.3) is 45.2 Å². The van der Waals surface area contributed by atoms with Gasteiger partial charge in [0.1, 0.15) is 12.2 Å². The minimum Gasteiger partial charge on any atom is -0.255 e. The maximum absolute atomic E-state index is 4.89. The van der Waals surface area contributed by atoms with Gasteiger partial charge < -0.3 is 0 Å². The van der Waals surface area contributed by atoms with Gasteiger partial charge in [-0.3, -0.25) is 14.6 Å². The van der Waals surface area contributed by atoms with E-state index in [2.05, 4.69) is 98.0 Å². The number of benzene rings is 1. The number of rotatable bonds is 16. The zero-order valence-corrected chi connectivity index (χ0v) is 26.5. The van der Waals surface area contributed by atoms with Crippen LogP contribution in [0.1, 0.15) is 57.8 Å². The van der Waals surface area contributed by atoms with Crippen molar-refractivity contribution in [3.63, 3.8) is 0 Å². The summed E-state index contributed by atoms with van der Waals surface area (Å²) in [6.45, 7) is 2.04. The van der Waals surface area contributed by atoms with Gasteiger partial charge in [0.25, 0.3) is 0 Å². The van der Waals surface area contributed by atoms with Crippen LogP contribution in [0.3, 0.4) is 0 Å². The summed E-state index contributed by atoms with van der Waals surface area (Å²) >= 11 is 0. The van der Waals surface area contributed by atoms with Gasteiger partial charge in [-0.15, -0.1) is 5.10 Å². The molecule has 0 aliphatic rings. The third-order valence-corrected chi connectivity index (χ3v) is 8.31. The van der Waals surface area contributed by atoms with Crippen molar-refractivity contribution in [1.82, 2.24) is 29.9 Å². The molecule has 5 heterocycles. The Bertz CT molecular complexity index is 1690. The molecule has 46 heavy (non-hydrogen) atoms. The quantitative estimate of drug-likeness (QED) is 0.0812. The summed E-state index contributed by atoms with van der Waals surface area (Å²) < 4.78 is 4.26. The molecule has 0 saturated carbocycles. The highest BCUT2D eigenvalue weighted by molar-refractivity contribution is 5.76. The molecule has 0 bridgehead atoms. The zero-order valence-electron chi connectivity index (χ0n) is 26.5. The maximum Gasteiger partial charge on any atom is 0.168 e. The smallest absolute Gasteiger partial charge is 0.168 e. The molecule has 0 radical (unpaired) electrons. The first-order valence-corrected chi connectivity index (χ1v) is 16.6. The largest absolute Gasteiger partial charge is 0.255 e. The standard InChI is InChI=1S/C39H42N7/c1(2-4-6-13-25-45-26-14-8-15-27-45)3-5-7-16-28-46-31-39(43-44-46)33-21-19-32(20-22-33)34-29-37(35-17-9-11-23-40-35)42-38(30-34)36-18-10-12-24-41-36/h8-12,14-15,17-24,26-27,29-31H,1-7,13,16,25,28H2/q+1. The number of pyridine rings is 4. The van der Waals surface area contributed by atoms with Crippen LogP contribution in [0, 0.1) is 0 Å². The average Bonchev–Trinajstić information content (AvgIpc) is 3.61. The zero-order chi connectivity index (χ0) is 31.2. The van der Waals surface area contributed by atoms with E-state index in [9.17, 15) is 0 Å². The minimum atomic E-state index is 0.819. The van der Waals surface area contributed by atoms with Crippen molar-refractivity contribution in [1.29, 1.82) is 0 Å². The highest BCUT2D eigenvalue weighted by Crippen LogP contribution is 2.30. The van der Waals surface area contributed by atoms with Gasteiger partial charge in [-0.05, 0) is 60.4 Å². The molecule has 0 N–H and O–H groups in total. The van der Waals surface area contributed by atoms with E-state index in [1.807, 2.05) is 41.1 Å². The number of hydrogen-bond donors (Lipinski definition) is 0. The predicted molar refractivity (Wildman–Crippen MR) is 183 cm³/mol. The van der Waals surface area contributed by atoms with Crippen molar-refractivity contribution in [2.45, 2.75) is 70.9 Å². The molecule has 6 rings (SSSR count). The van der Waals surface area contributed by atoms with E-state index in [1.54, 1.807) is 12.4 Å². The summed E-state index contributed by atoms with van der Waals surface area (Å²) in [7, 11) is 0. The van der Waals surface area contributed by atoms with Crippen molar-refractivity contribution in [3.8, 4) is 45.2 Å². The van der Waals surface area contributed by atoms with Crippen LogP contribution in [0.5, 0.6) is 0 Å². The van der Waals surface area contributed by atoms with E-state index in [0.717, 1.165) is 64.7 Å². The van der Waals surface area contributed by atoms with Gasteiger partial charge in [-0.2, -0.15) is 0 Å². The first kappa shape index (κ1) is 31.0. The van der Waals surface area contributed by atoms with Gasteiger partial charge >= 0.3 is 0 Å². The van der Waals surface area contributed by atoms with E-state index in [-0.39, 0.29) is 0 Å². The lowest BCUT2D eigenvalue weighted by atomic mass is 10.0. The van der Waals surface area contributed by atoms with Crippen LogP contribution in [0.2, 0.25) is 0 Å². The van der Waals surface area contributed by atoms with Gasteiger partial charge in [0.05, 0.1) is 29.0 Å². The van der Waals surface area contributed by atoms with Crippen molar-refractivity contribution in [3.05, 3.63) is 122 Å². The van der Waals surface area contributed by atoms with Crippen LogP contribution >= 0.6 is 0 Å². The number of hydrogen-bond acceptors (Lipinski definition) is 5. The van der Waals surface area contributed by atoms with E-state index in [1.165, 1.54) is 51.4 Å². The van der Waals surface area contributed by atoms with Gasteiger partial charge in [0, 0.05) is 43.1 Å². The Hall–Kier alpha value is -5.04. The SMILES string of the molecule is c1cc[n+](CCCCCCCCCCCn2cc(-c3ccc(-c4cc(-c5ccccn5)nc(-c5ccccn5)c4)cc3)nn2)cc1. The van der Waals surface area contributed by atoms with Crippen LogP contribution < -0.4 is 4.57 Å². The lowest BCUT2D eigenvalue weighted by Gasteiger charge is -2.09. The summed E-state index contributed by atoms with van der Waals surface area (Å²) in [5, 5.41) is 8.87. The summed E-state index contributed by atoms with van der Waals surface area (Å²) in [4.78, 5) is 14.0. The molecule has 1 aromatic carbocycles. The predicted octanol–water partition coefficient (Wildman–Crippen LogP) is 8.63. The fourth-order valence-electron chi connectivity index (χ4n) is 5.75. The van der Waals surface area contributed by atoms with Gasteiger partial charge in [0.15, 0.2) is 12.4 Å². The minimum absolute atomic E-state index is 0.819. The molecular weight excluding hydrogens is 566 g/mol. The molecule has 6 aromatic rings. The van der Waals surface area contributed by atoms with Gasteiger partial charge in [-0.1, -0.05) is 86.2 Å². The second-order valence-electron chi connectivity index (χ2n) is 11.8. The van der Waals surface area contributed by atoms with Gasteiger partial charge in [0.2, 0.25) is 0 Å². The average molecular weight is 609 g/mol. The Kier molecular flexibility index (Phi) is 11.0. The summed E-state index contributed by atoms with van der Waals surface area (Å²) in [6, 6.07) is 30.7. The molecular formula is C39H42N7+. The molecule has 0 fully saturated rings. The summed E-state index contributed by atoms with van der Waals surface area (Å²) in [5.41, 5.74) is 7.42. The number of unbranched alkanes of at least 4 members (excludes halogenated alkanes) is 8. The molecule has 0 spiro atoms. The topological polar surface area (TPSA) is 73.3 Å². The third kappa shape index (κ3) is 8.78. The van der Waals surface area contributed by atoms with Crippen molar-refractivity contribution < 1.29 is 4.57 Å². The summed E-state index contributed by atoms with van der Waals surface area (Å²) in [6.07, 6.45) is 21.6. The highest BCUT2D eigenvalue weighted by Gasteiger charge is 2.11. The van der Waals surface area contributed by atoms with Crippen molar-refractivity contribution >= 4 is 0 Å². The molecule has 0 aliphatic heterocycles. The fraction of sp³-hybridized carbons (Fsp3) is 0.282. The van der Waals surface area contributed by atoms with Crippen LogP contribution in [-0.4, -0.2) is 29.9 Å². The van der Waals surface area contributed by atoms with Crippen LogP contribution in [0.4, 0.5) is 0 Å². The number of aromatic nitrogens is 7. The molecule has 0 atom stereocenters. The Labute approximate surface area is 272 Å². The Morgan fingerprint density at radius 2 is 1.09 bits per heavy atom. The van der Waals surface area contributed by atoms with E-state index < -0.39 is 0 Å². The second kappa shape index (κ2) is 16.3. The van der Waals surface area contributed by atoms with E-state index in [4.69, 9.17) is 4.98 Å². The summed E-state index contributed by atoms with van der Waals surface area (Å²) in [5.74, 6) is 0. The molecule has 7 nitrogen and oxygen atoms in total. The van der Waals surface area contributed by atoms with Crippen LogP contribution in [-0.2, 0) is 13.1 Å². The molecule has 0 saturated heterocycles. The molecule has 0 aliphatic carbocycles. The lowest BCUT2D eigenvalue weighted by Crippen LogP contribution is -2.32. The molecule has 0 amide bonds. The monoisotopic (exact) mass is 608 g/mol. The second-order valence-corrected chi connectivity index (χ2v) is 11.8.